The molecule has 0 atom stereocenters. The highest BCUT2D eigenvalue weighted by molar-refractivity contribution is 9.10. The zero-order valence-electron chi connectivity index (χ0n) is 22.4. The topological polar surface area (TPSA) is 66.3 Å². The molecule has 0 spiro atoms. The number of pyridine rings is 1. The van der Waals surface area contributed by atoms with Crippen molar-refractivity contribution in [3.63, 3.8) is 0 Å². The van der Waals surface area contributed by atoms with Gasteiger partial charge in [-0.25, -0.2) is 9.97 Å². The Morgan fingerprint density at radius 3 is 2.38 bits per heavy atom. The molecule has 1 aliphatic heterocycles. The van der Waals surface area contributed by atoms with Crippen LogP contribution in [0.1, 0.15) is 75.7 Å². The number of nitrogens with one attached hydrogen (secondary N) is 1. The number of amides is 1. The summed E-state index contributed by atoms with van der Waals surface area (Å²) >= 11 is 3.64. The van der Waals surface area contributed by atoms with Gasteiger partial charge < -0.3 is 15.1 Å². The highest BCUT2D eigenvalue weighted by Crippen LogP contribution is 2.28. The Bertz CT molecular complexity index is 1150. The zero-order chi connectivity index (χ0) is 26.0. The molecule has 3 heterocycles. The molecule has 1 aliphatic rings. The van der Waals surface area contributed by atoms with Gasteiger partial charge in [0.25, 0.3) is 5.91 Å². The van der Waals surface area contributed by atoms with Gasteiger partial charge in [-0.1, -0.05) is 45.2 Å². The summed E-state index contributed by atoms with van der Waals surface area (Å²) in [6, 6.07) is 11.8. The van der Waals surface area contributed by atoms with Crippen LogP contribution in [0.2, 0.25) is 0 Å². The summed E-state index contributed by atoms with van der Waals surface area (Å²) in [6.45, 7) is 10.1. The molecule has 1 amide bonds. The first-order valence-corrected chi connectivity index (χ1v) is 14.8. The van der Waals surface area contributed by atoms with Gasteiger partial charge in [-0.2, -0.15) is 0 Å². The lowest BCUT2D eigenvalue weighted by Crippen LogP contribution is -2.33. The van der Waals surface area contributed by atoms with Gasteiger partial charge in [0.2, 0.25) is 5.95 Å². The number of likely N-dealkylation sites (tertiary alicyclic amines) is 1. The van der Waals surface area contributed by atoms with Crippen molar-refractivity contribution in [1.29, 1.82) is 0 Å². The van der Waals surface area contributed by atoms with Crippen molar-refractivity contribution in [2.45, 2.75) is 71.8 Å². The van der Waals surface area contributed by atoms with Crippen LogP contribution in [-0.4, -0.2) is 63.0 Å². The van der Waals surface area contributed by atoms with Crippen molar-refractivity contribution in [3.05, 3.63) is 46.6 Å². The minimum atomic E-state index is 0.0187. The molecular formula is C29H41BrN6O. The highest BCUT2D eigenvalue weighted by atomic mass is 79.9. The summed E-state index contributed by atoms with van der Waals surface area (Å²) in [6.07, 6.45) is 9.08. The number of imidazole rings is 1. The van der Waals surface area contributed by atoms with E-state index in [0.29, 0.717) is 5.69 Å². The number of carbonyl (C=O) groups excluding carboxylic acids is 1. The molecule has 1 N–H and O–H groups in total. The average molecular weight is 570 g/mol. The lowest BCUT2D eigenvalue weighted by molar-refractivity contribution is 0.0745. The molecule has 0 unspecified atom stereocenters. The number of hydrogen-bond donors (Lipinski definition) is 1. The van der Waals surface area contributed by atoms with Crippen LogP contribution in [0.25, 0.3) is 11.2 Å². The zero-order valence-corrected chi connectivity index (χ0v) is 24.0. The Hall–Kier alpha value is -2.45. The van der Waals surface area contributed by atoms with E-state index in [2.05, 4.69) is 44.6 Å². The third-order valence-electron chi connectivity index (χ3n) is 7.09. The standard InChI is InChI=1S/C29H41BrN6O/c1-3-5-20-35(21-6-4-2)28(37)26-16-15-25-27(31-26)36(22-12-19-34-17-10-7-11-18-34)29(33-25)32-24-14-9-8-13-23(24)30/h8-9,13-16H,3-7,10-12,17-22H2,1-2H3,(H,32,33). The average Bonchev–Trinajstić information content (AvgIpc) is 3.26. The maximum atomic E-state index is 13.5. The van der Waals surface area contributed by atoms with Crippen LogP contribution in [0.5, 0.6) is 0 Å². The number of nitrogens with zero attached hydrogens (tertiary/aromatic N) is 5. The third kappa shape index (κ3) is 7.32. The van der Waals surface area contributed by atoms with Gasteiger partial charge in [0, 0.05) is 24.1 Å². The van der Waals surface area contributed by atoms with Crippen molar-refractivity contribution in [1.82, 2.24) is 24.3 Å². The second kappa shape index (κ2) is 13.9. The van der Waals surface area contributed by atoms with E-state index in [-0.39, 0.29) is 5.91 Å². The molecule has 200 valence electrons. The van der Waals surface area contributed by atoms with Gasteiger partial charge in [0.15, 0.2) is 5.65 Å². The maximum absolute atomic E-state index is 13.5. The second-order valence-electron chi connectivity index (χ2n) is 9.99. The van der Waals surface area contributed by atoms with Crippen molar-refractivity contribution in [2.24, 2.45) is 0 Å². The fraction of sp³-hybridized carbons (Fsp3) is 0.552. The lowest BCUT2D eigenvalue weighted by atomic mass is 10.1. The summed E-state index contributed by atoms with van der Waals surface area (Å²) < 4.78 is 3.13. The number of rotatable bonds is 13. The van der Waals surface area contributed by atoms with Gasteiger partial charge in [-0.3, -0.25) is 9.36 Å². The molecule has 2 aromatic heterocycles. The molecule has 0 bridgehead atoms. The van der Waals surface area contributed by atoms with E-state index in [0.717, 1.165) is 85.6 Å². The predicted molar refractivity (Wildman–Crippen MR) is 156 cm³/mol. The molecule has 7 nitrogen and oxygen atoms in total. The maximum Gasteiger partial charge on any atom is 0.272 e. The summed E-state index contributed by atoms with van der Waals surface area (Å²) in [5.41, 5.74) is 3.03. The van der Waals surface area contributed by atoms with Crippen molar-refractivity contribution < 1.29 is 4.79 Å². The van der Waals surface area contributed by atoms with Crippen LogP contribution in [-0.2, 0) is 6.54 Å². The van der Waals surface area contributed by atoms with Gasteiger partial charge in [0.05, 0.1) is 5.69 Å². The summed E-state index contributed by atoms with van der Waals surface area (Å²) in [7, 11) is 0. The molecule has 3 aromatic rings. The van der Waals surface area contributed by atoms with E-state index in [4.69, 9.17) is 9.97 Å². The van der Waals surface area contributed by atoms with Crippen molar-refractivity contribution in [2.75, 3.05) is 38.0 Å². The molecule has 37 heavy (non-hydrogen) atoms. The molecule has 0 saturated carbocycles. The quantitative estimate of drug-likeness (QED) is 0.244. The lowest BCUT2D eigenvalue weighted by Gasteiger charge is -2.26. The molecule has 1 saturated heterocycles. The SMILES string of the molecule is CCCCN(CCCC)C(=O)c1ccc2nc(Nc3ccccc3Br)n(CCCN3CCCCC3)c2n1. The molecule has 0 radical (unpaired) electrons. The molecule has 8 heteroatoms. The Balaban J connectivity index is 1.62. The number of piperidine rings is 1. The highest BCUT2D eigenvalue weighted by Gasteiger charge is 2.20. The first-order chi connectivity index (χ1) is 18.1. The number of benzene rings is 1. The van der Waals surface area contributed by atoms with E-state index in [9.17, 15) is 4.79 Å². The minimum absolute atomic E-state index is 0.0187. The number of unbranched alkanes of at least 4 members (excludes halogenated alkanes) is 2. The number of halogens is 1. The van der Waals surface area contributed by atoms with E-state index < -0.39 is 0 Å². The molecule has 1 fully saturated rings. The second-order valence-corrected chi connectivity index (χ2v) is 10.8. The summed E-state index contributed by atoms with van der Waals surface area (Å²) in [4.78, 5) is 27.8. The number of fused-ring (bicyclic) bond motifs is 1. The molecular weight excluding hydrogens is 528 g/mol. The third-order valence-corrected chi connectivity index (χ3v) is 7.78. The summed E-state index contributed by atoms with van der Waals surface area (Å²) in [5.74, 6) is 0.775. The minimum Gasteiger partial charge on any atom is -0.337 e. The van der Waals surface area contributed by atoms with Crippen molar-refractivity contribution in [3.8, 4) is 0 Å². The monoisotopic (exact) mass is 568 g/mol. The number of hydrogen-bond acceptors (Lipinski definition) is 5. The van der Waals surface area contributed by atoms with E-state index in [1.807, 2.05) is 41.3 Å². The smallest absolute Gasteiger partial charge is 0.272 e. The molecule has 1 aromatic carbocycles. The van der Waals surface area contributed by atoms with Crippen molar-refractivity contribution >= 4 is 44.6 Å². The largest absolute Gasteiger partial charge is 0.337 e. The van der Waals surface area contributed by atoms with Gasteiger partial charge in [0.1, 0.15) is 11.2 Å². The number of aromatic nitrogens is 3. The Morgan fingerprint density at radius 1 is 0.946 bits per heavy atom. The molecule has 4 rings (SSSR count). The van der Waals surface area contributed by atoms with Gasteiger partial charge in [-0.15, -0.1) is 0 Å². The number of carbonyl (C=O) groups is 1. The van der Waals surface area contributed by atoms with E-state index in [1.165, 1.54) is 32.4 Å². The van der Waals surface area contributed by atoms with Crippen LogP contribution < -0.4 is 5.32 Å². The number of aryl methyl sites for hydroxylation is 1. The first kappa shape index (κ1) is 27.6. The fourth-order valence-electron chi connectivity index (χ4n) is 4.92. The normalized spacial score (nSPS) is 14.2. The van der Waals surface area contributed by atoms with Crippen LogP contribution in [0, 0.1) is 0 Å². The van der Waals surface area contributed by atoms with Crippen LogP contribution in [0.4, 0.5) is 11.6 Å². The Morgan fingerprint density at radius 2 is 1.68 bits per heavy atom. The van der Waals surface area contributed by atoms with Crippen LogP contribution in [0.3, 0.4) is 0 Å². The fourth-order valence-corrected chi connectivity index (χ4v) is 5.31. The Kier molecular flexibility index (Phi) is 10.4. The van der Waals surface area contributed by atoms with Crippen LogP contribution in [0.15, 0.2) is 40.9 Å². The first-order valence-electron chi connectivity index (χ1n) is 14.0. The number of para-hydroxylation sites is 1. The van der Waals surface area contributed by atoms with E-state index >= 15 is 0 Å². The van der Waals surface area contributed by atoms with Gasteiger partial charge in [-0.05, 0) is 91.9 Å². The predicted octanol–water partition coefficient (Wildman–Crippen LogP) is 6.86. The summed E-state index contributed by atoms with van der Waals surface area (Å²) in [5, 5.41) is 3.50. The number of anilines is 2. The van der Waals surface area contributed by atoms with Crippen LogP contribution >= 0.6 is 15.9 Å². The van der Waals surface area contributed by atoms with E-state index in [1.54, 1.807) is 0 Å². The van der Waals surface area contributed by atoms with Gasteiger partial charge >= 0.3 is 0 Å². The molecule has 0 aliphatic carbocycles. The Labute approximate surface area is 229 Å².